The summed E-state index contributed by atoms with van der Waals surface area (Å²) in [7, 11) is -3.70. The number of benzene rings is 1. The number of aryl methyl sites for hydroxylation is 1. The highest BCUT2D eigenvalue weighted by Gasteiger charge is 2.30. The molecule has 1 aromatic carbocycles. The Bertz CT molecular complexity index is 1510. The molecule has 0 unspecified atom stereocenters. The molecular weight excluding hydrogens is 536 g/mol. The zero-order valence-corrected chi connectivity index (χ0v) is 22.8. The van der Waals surface area contributed by atoms with Gasteiger partial charge in [0.15, 0.2) is 0 Å². The predicted octanol–water partition coefficient (Wildman–Crippen LogP) is 3.13. The summed E-state index contributed by atoms with van der Waals surface area (Å²) in [5, 5.41) is 16.4. The van der Waals surface area contributed by atoms with Gasteiger partial charge in [-0.3, -0.25) is 13.9 Å². The molecule has 202 valence electrons. The van der Waals surface area contributed by atoms with Crippen molar-refractivity contribution in [3.63, 3.8) is 0 Å². The van der Waals surface area contributed by atoms with E-state index >= 15 is 0 Å². The summed E-state index contributed by atoms with van der Waals surface area (Å²) in [6.45, 7) is 2.13. The lowest BCUT2D eigenvalue weighted by molar-refractivity contribution is -0.136. The number of hydrogen-bond donors (Lipinski definition) is 2. The summed E-state index contributed by atoms with van der Waals surface area (Å²) in [6, 6.07) is 14.0. The molecule has 2 amide bonds. The van der Waals surface area contributed by atoms with E-state index in [0.29, 0.717) is 55.4 Å². The van der Waals surface area contributed by atoms with E-state index in [0.717, 1.165) is 36.2 Å². The quantitative estimate of drug-likeness (QED) is 0.439. The topological polar surface area (TPSA) is 136 Å². The van der Waals surface area contributed by atoms with Crippen molar-refractivity contribution in [2.45, 2.75) is 29.9 Å². The van der Waals surface area contributed by atoms with Gasteiger partial charge in [0.05, 0.1) is 11.3 Å². The van der Waals surface area contributed by atoms with E-state index in [1.54, 1.807) is 54.0 Å². The Hall–Kier alpha value is -3.95. The molecule has 5 rings (SSSR count). The van der Waals surface area contributed by atoms with Crippen LogP contribution in [0.1, 0.15) is 30.4 Å². The smallest absolute Gasteiger partial charge is 0.313 e. The molecule has 10 nitrogen and oxygen atoms in total. The summed E-state index contributed by atoms with van der Waals surface area (Å²) < 4.78 is 28.0. The lowest BCUT2D eigenvalue weighted by Gasteiger charge is -2.33. The summed E-state index contributed by atoms with van der Waals surface area (Å²) in [5.74, 6) is -0.668. The molecule has 0 spiro atoms. The molecule has 4 heterocycles. The molecule has 3 aromatic rings. The first-order valence-corrected chi connectivity index (χ1v) is 15.1. The molecule has 2 aliphatic rings. The molecule has 1 saturated heterocycles. The summed E-state index contributed by atoms with van der Waals surface area (Å²) in [4.78, 5) is 31.6. The van der Waals surface area contributed by atoms with Crippen LogP contribution in [0.5, 0.6) is 0 Å². The van der Waals surface area contributed by atoms with Crippen molar-refractivity contribution in [3.05, 3.63) is 65.2 Å². The number of nitriles is 1. The lowest BCUT2D eigenvalue weighted by Crippen LogP contribution is -2.42. The predicted molar refractivity (Wildman–Crippen MR) is 149 cm³/mol. The first-order valence-electron chi connectivity index (χ1n) is 12.7. The maximum Gasteiger partial charge on any atom is 0.313 e. The third kappa shape index (κ3) is 5.74. The van der Waals surface area contributed by atoms with Crippen LogP contribution in [0.15, 0.2) is 58.3 Å². The van der Waals surface area contributed by atoms with Gasteiger partial charge in [-0.1, -0.05) is 12.1 Å². The van der Waals surface area contributed by atoms with Crippen LogP contribution in [0.2, 0.25) is 0 Å². The second-order valence-corrected chi connectivity index (χ2v) is 12.6. The highest BCUT2D eigenvalue weighted by molar-refractivity contribution is 7.94. The van der Waals surface area contributed by atoms with E-state index in [9.17, 15) is 23.3 Å². The highest BCUT2D eigenvalue weighted by atomic mass is 32.2. The van der Waals surface area contributed by atoms with Crippen molar-refractivity contribution in [1.82, 2.24) is 10.3 Å². The van der Waals surface area contributed by atoms with E-state index in [4.69, 9.17) is 0 Å². The number of hydrogen-bond acceptors (Lipinski definition) is 8. The molecule has 2 aliphatic heterocycles. The van der Waals surface area contributed by atoms with E-state index in [1.165, 1.54) is 4.31 Å². The van der Waals surface area contributed by atoms with Crippen molar-refractivity contribution < 1.29 is 18.0 Å². The Kier molecular flexibility index (Phi) is 7.81. The zero-order chi connectivity index (χ0) is 27.4. The van der Waals surface area contributed by atoms with Gasteiger partial charge in [-0.25, -0.2) is 13.4 Å². The lowest BCUT2D eigenvalue weighted by atomic mass is 9.96. The van der Waals surface area contributed by atoms with E-state index < -0.39 is 21.8 Å². The number of carbonyl (C=O) groups excluding carboxylic acids is 2. The average Bonchev–Trinajstić information content (AvgIpc) is 3.52. The monoisotopic (exact) mass is 564 g/mol. The third-order valence-corrected chi connectivity index (χ3v) is 10.2. The molecule has 0 atom stereocenters. The molecule has 2 aromatic heterocycles. The molecule has 0 radical (unpaired) electrons. The number of amides is 2. The summed E-state index contributed by atoms with van der Waals surface area (Å²) in [5.41, 5.74) is 2.30. The maximum atomic E-state index is 13.2. The Morgan fingerprint density at radius 3 is 2.67 bits per heavy atom. The first-order chi connectivity index (χ1) is 18.9. The largest absolute Gasteiger partial charge is 0.356 e. The third-order valence-electron chi connectivity index (χ3n) is 7.04. The second-order valence-electron chi connectivity index (χ2n) is 9.54. The Labute approximate surface area is 231 Å². The summed E-state index contributed by atoms with van der Waals surface area (Å²) in [6.07, 6.45) is 4.69. The number of sulfonamides is 1. The molecule has 1 fully saturated rings. The molecular formula is C27H28N6O4S2. The van der Waals surface area contributed by atoms with Gasteiger partial charge >= 0.3 is 11.8 Å². The highest BCUT2D eigenvalue weighted by Crippen LogP contribution is 2.35. The van der Waals surface area contributed by atoms with Crippen LogP contribution in [-0.4, -0.2) is 51.4 Å². The number of nitrogens with one attached hydrogen (secondary N) is 2. The number of carbonyl (C=O) groups is 2. The van der Waals surface area contributed by atoms with Crippen molar-refractivity contribution >= 4 is 50.4 Å². The normalized spacial score (nSPS) is 15.8. The van der Waals surface area contributed by atoms with Crippen molar-refractivity contribution in [2.75, 3.05) is 40.7 Å². The Morgan fingerprint density at radius 1 is 1.10 bits per heavy atom. The number of piperidine rings is 1. The van der Waals surface area contributed by atoms with E-state index in [1.807, 2.05) is 0 Å². The van der Waals surface area contributed by atoms with Gasteiger partial charge in [0, 0.05) is 38.1 Å². The second kappa shape index (κ2) is 11.4. The molecule has 0 aliphatic carbocycles. The maximum absolute atomic E-state index is 13.2. The fraction of sp³-hybridized carbons (Fsp3) is 0.333. The SMILES string of the molecule is N#Cc1cccnc1N1CCC(CNC(=O)C(=O)Nc2ccc3c(c2)N(S(=O)(=O)c2cccs2)CCC3)CC1. The fourth-order valence-electron chi connectivity index (χ4n) is 4.98. The van der Waals surface area contributed by atoms with Crippen LogP contribution in [0.3, 0.4) is 0 Å². The zero-order valence-electron chi connectivity index (χ0n) is 21.2. The van der Waals surface area contributed by atoms with E-state index in [-0.39, 0.29) is 10.1 Å². The van der Waals surface area contributed by atoms with Gasteiger partial charge < -0.3 is 15.5 Å². The molecule has 39 heavy (non-hydrogen) atoms. The number of pyridine rings is 1. The number of nitrogens with zero attached hydrogens (tertiary/aromatic N) is 4. The van der Waals surface area contributed by atoms with E-state index in [2.05, 4.69) is 26.6 Å². The van der Waals surface area contributed by atoms with Gasteiger partial charge in [-0.2, -0.15) is 5.26 Å². The average molecular weight is 565 g/mol. The Morgan fingerprint density at radius 2 is 1.92 bits per heavy atom. The minimum atomic E-state index is -3.70. The standard InChI is InChI=1S/C27H28N6O4S2/c28-17-21-4-1-11-29-25(21)32-13-9-19(10-14-32)18-30-26(34)27(35)31-22-8-7-20-5-2-12-33(23(20)16-22)39(36,37)24-6-3-15-38-24/h1,3-4,6-8,11,15-16,19H,2,5,9-10,12-14,18H2,(H,30,34)(H,31,35). The Balaban J connectivity index is 1.17. The number of fused-ring (bicyclic) bond motifs is 1. The summed E-state index contributed by atoms with van der Waals surface area (Å²) >= 11 is 1.16. The van der Waals surface area contributed by atoms with Gasteiger partial charge in [-0.15, -0.1) is 11.3 Å². The molecule has 0 saturated carbocycles. The van der Waals surface area contributed by atoms with Gasteiger partial charge in [0.2, 0.25) is 0 Å². The molecule has 2 N–H and O–H groups in total. The van der Waals surface area contributed by atoms with Crippen LogP contribution >= 0.6 is 11.3 Å². The van der Waals surface area contributed by atoms with Crippen molar-refractivity contribution in [3.8, 4) is 6.07 Å². The number of rotatable bonds is 6. The minimum Gasteiger partial charge on any atom is -0.356 e. The van der Waals surface area contributed by atoms with Gasteiger partial charge in [0.25, 0.3) is 10.0 Å². The first kappa shape index (κ1) is 26.6. The molecule has 12 heteroatoms. The van der Waals surface area contributed by atoms with Gasteiger partial charge in [0.1, 0.15) is 16.1 Å². The van der Waals surface area contributed by atoms with Crippen LogP contribution in [-0.2, 0) is 26.0 Å². The van der Waals surface area contributed by atoms with Crippen LogP contribution in [0.4, 0.5) is 17.2 Å². The minimum absolute atomic E-state index is 0.201. The van der Waals surface area contributed by atoms with Crippen LogP contribution in [0, 0.1) is 17.2 Å². The molecule has 0 bridgehead atoms. The van der Waals surface area contributed by atoms with Crippen LogP contribution in [0.25, 0.3) is 0 Å². The number of anilines is 3. The number of aromatic nitrogens is 1. The van der Waals surface area contributed by atoms with Crippen LogP contribution < -0.4 is 19.8 Å². The van der Waals surface area contributed by atoms with Crippen molar-refractivity contribution in [1.29, 1.82) is 5.26 Å². The fourth-order valence-corrected chi connectivity index (χ4v) is 7.62. The van der Waals surface area contributed by atoms with Gasteiger partial charge in [-0.05, 0) is 72.9 Å². The van der Waals surface area contributed by atoms with Crippen molar-refractivity contribution in [2.24, 2.45) is 5.92 Å². The number of thiophene rings is 1.